The molecule has 2 aromatic heterocycles. The Kier molecular flexibility index (Phi) is 5.95. The van der Waals surface area contributed by atoms with Crippen LogP contribution in [0.5, 0.6) is 0 Å². The van der Waals surface area contributed by atoms with Crippen molar-refractivity contribution >= 4 is 25.4 Å². The van der Waals surface area contributed by atoms with Crippen molar-refractivity contribution in [2.75, 3.05) is 6.61 Å². The van der Waals surface area contributed by atoms with E-state index in [-0.39, 0.29) is 0 Å². The monoisotopic (exact) mass is 417 g/mol. The van der Waals surface area contributed by atoms with E-state index in [1.807, 2.05) is 0 Å². The third-order valence-corrected chi connectivity index (χ3v) is 4.49. The number of rotatable bonds is 7. The molecule has 13 nitrogen and oxygen atoms in total. The van der Waals surface area contributed by atoms with Crippen molar-refractivity contribution in [3.05, 3.63) is 17.8 Å². The van der Waals surface area contributed by atoms with Gasteiger partial charge in [-0.25, -0.2) is 19.7 Å². The van der Waals surface area contributed by atoms with Crippen LogP contribution in [0.2, 0.25) is 0 Å². The Bertz CT molecular complexity index is 906. The minimum atomic E-state index is -3.22. The van der Waals surface area contributed by atoms with Crippen LogP contribution < -0.4 is 0 Å². The Labute approximate surface area is 158 Å². The van der Waals surface area contributed by atoms with Crippen LogP contribution in [0.3, 0.4) is 0 Å². The zero-order valence-electron chi connectivity index (χ0n) is 14.7. The van der Waals surface area contributed by atoms with Crippen LogP contribution in [0.15, 0.2) is 6.33 Å². The molecule has 0 radical (unpaired) electrons. The summed E-state index contributed by atoms with van der Waals surface area (Å²) in [5.41, 5.74) is 1.53. The Morgan fingerprint density at radius 2 is 2.07 bits per heavy atom. The Morgan fingerprint density at radius 1 is 1.36 bits per heavy atom. The van der Waals surface area contributed by atoms with Gasteiger partial charge in [-0.15, -0.1) is 4.89 Å². The maximum Gasteiger partial charge on any atom is 0.698 e. The Balaban J connectivity index is 1.77. The molecule has 1 aliphatic heterocycles. The smallest absolute Gasteiger partial charge is 0.477 e. The topological polar surface area (TPSA) is 186 Å². The highest BCUT2D eigenvalue weighted by Gasteiger charge is 2.45. The molecule has 0 aliphatic carbocycles. The summed E-state index contributed by atoms with van der Waals surface area (Å²) in [6.07, 6.45) is -5.67. The number of carboxylic acid groups (broad SMARTS) is 1. The first-order chi connectivity index (χ1) is 13.2. The predicted octanol–water partition coefficient (Wildman–Crippen LogP) is -0.844. The summed E-state index contributed by atoms with van der Waals surface area (Å²) in [7, 11) is -3.22. The fourth-order valence-corrected chi connectivity index (χ4v) is 3.20. The van der Waals surface area contributed by atoms with Gasteiger partial charge in [-0.05, 0) is 13.8 Å². The summed E-state index contributed by atoms with van der Waals surface area (Å²) < 4.78 is 26.8. The molecule has 2 aromatic rings. The summed E-state index contributed by atoms with van der Waals surface area (Å²) >= 11 is 0. The fourth-order valence-electron chi connectivity index (χ4n) is 2.89. The molecule has 1 saturated heterocycles. The number of hydrogen-bond acceptors (Lipinski definition) is 10. The number of hydrogen-bond donors (Lipinski definition) is 4. The molecule has 0 spiro atoms. The summed E-state index contributed by atoms with van der Waals surface area (Å²) in [6.45, 7) is 2.93. The molecule has 3 heterocycles. The van der Waals surface area contributed by atoms with Gasteiger partial charge in [-0.1, -0.05) is 4.52 Å². The normalized spacial score (nSPS) is 26.5. The fraction of sp³-hybridized carbons (Fsp3) is 0.571. The van der Waals surface area contributed by atoms with E-state index in [0.717, 1.165) is 0 Å². The first kappa shape index (κ1) is 20.6. The lowest BCUT2D eigenvalue weighted by atomic mass is 10.1. The van der Waals surface area contributed by atoms with Gasteiger partial charge in [0, 0.05) is 4.57 Å². The van der Waals surface area contributed by atoms with Crippen molar-refractivity contribution in [3.63, 3.8) is 0 Å². The summed E-state index contributed by atoms with van der Waals surface area (Å²) in [6, 6.07) is 0. The summed E-state index contributed by atoms with van der Waals surface area (Å²) in [5, 5.41) is 29.5. The standard InChI is InChI=1S/C14H17N4O9P/c1-5-8-11(17-6(2)16-5)18(4-15-8)12-10(20)9(19)7(26-12)3-25-14(13(21)22)27-28(23)24/h4,7,9-10,12,14,19-20H,3H2,1-2H3,(H-,21,22,23,24)/p+1/t7-,9-,10-,12-,14?/m1/s1. The predicted molar refractivity (Wildman–Crippen MR) is 89.0 cm³/mol. The molecule has 0 saturated carbocycles. The molecule has 0 bridgehead atoms. The van der Waals surface area contributed by atoms with E-state index in [0.29, 0.717) is 22.7 Å². The Hall–Kier alpha value is -2.12. The molecule has 6 atom stereocenters. The molecular weight excluding hydrogens is 399 g/mol. The summed E-state index contributed by atoms with van der Waals surface area (Å²) in [5.74, 6) is -1.15. The van der Waals surface area contributed by atoms with Gasteiger partial charge >= 0.3 is 20.5 Å². The number of carbonyl (C=O) groups is 1. The summed E-state index contributed by atoms with van der Waals surface area (Å²) in [4.78, 5) is 32.3. The molecule has 1 aliphatic rings. The number of aryl methyl sites for hydroxylation is 2. The van der Waals surface area contributed by atoms with Gasteiger partial charge in [0.05, 0.1) is 18.6 Å². The second-order valence-electron chi connectivity index (χ2n) is 6.07. The van der Waals surface area contributed by atoms with E-state index in [2.05, 4.69) is 19.5 Å². The van der Waals surface area contributed by atoms with Gasteiger partial charge in [-0.3, -0.25) is 4.57 Å². The lowest BCUT2D eigenvalue weighted by Gasteiger charge is -2.17. The van der Waals surface area contributed by atoms with Gasteiger partial charge in [0.1, 0.15) is 29.7 Å². The van der Waals surface area contributed by atoms with Crippen LogP contribution in [0.4, 0.5) is 0 Å². The largest absolute Gasteiger partial charge is 0.698 e. The van der Waals surface area contributed by atoms with E-state index in [4.69, 9.17) is 19.5 Å². The molecule has 4 N–H and O–H groups in total. The molecule has 2 unspecified atom stereocenters. The molecule has 14 heteroatoms. The first-order valence-electron chi connectivity index (χ1n) is 8.05. The molecule has 0 amide bonds. The van der Waals surface area contributed by atoms with Gasteiger partial charge in [0.25, 0.3) is 0 Å². The van der Waals surface area contributed by atoms with E-state index in [1.165, 1.54) is 10.9 Å². The van der Waals surface area contributed by atoms with E-state index in [9.17, 15) is 19.6 Å². The molecule has 1 fully saturated rings. The van der Waals surface area contributed by atoms with E-state index < -0.39 is 51.7 Å². The molecule has 3 rings (SSSR count). The third kappa shape index (κ3) is 4.00. The lowest BCUT2D eigenvalue weighted by molar-refractivity contribution is -0.179. The maximum absolute atomic E-state index is 11.0. The number of aliphatic carboxylic acids is 1. The van der Waals surface area contributed by atoms with Crippen LogP contribution >= 0.6 is 8.25 Å². The van der Waals surface area contributed by atoms with Gasteiger partial charge in [0.15, 0.2) is 11.9 Å². The number of aliphatic hydroxyl groups excluding tert-OH is 2. The number of aliphatic hydroxyl groups is 2. The van der Waals surface area contributed by atoms with Gasteiger partial charge in [-0.2, -0.15) is 0 Å². The van der Waals surface area contributed by atoms with Crippen molar-refractivity contribution < 1.29 is 43.6 Å². The molecule has 0 aromatic carbocycles. The quantitative estimate of drug-likeness (QED) is 0.323. The van der Waals surface area contributed by atoms with Crippen LogP contribution in [0.1, 0.15) is 17.7 Å². The average molecular weight is 417 g/mol. The SMILES string of the molecule is Cc1nc(C)c2ncn([C@@H]3O[C@H](COC(O[P+](=O)O)C(=O)O)[C@@H](O)[C@H]3O)c2n1. The molecule has 28 heavy (non-hydrogen) atoms. The third-order valence-electron chi connectivity index (χ3n) is 4.12. The van der Waals surface area contributed by atoms with Gasteiger partial charge < -0.3 is 24.8 Å². The minimum Gasteiger partial charge on any atom is -0.477 e. The number of carboxylic acids is 1. The lowest BCUT2D eigenvalue weighted by Crippen LogP contribution is -2.36. The van der Waals surface area contributed by atoms with Crippen molar-refractivity contribution in [2.45, 2.75) is 44.7 Å². The number of aromatic nitrogens is 4. The van der Waals surface area contributed by atoms with Crippen LogP contribution in [0, 0.1) is 13.8 Å². The second kappa shape index (κ2) is 8.09. The maximum atomic E-state index is 11.0. The van der Waals surface area contributed by atoms with Crippen LogP contribution in [0.25, 0.3) is 11.2 Å². The highest BCUT2D eigenvalue weighted by molar-refractivity contribution is 7.32. The number of nitrogens with zero attached hydrogens (tertiary/aromatic N) is 4. The second-order valence-corrected chi connectivity index (χ2v) is 6.76. The average Bonchev–Trinajstić information content (AvgIpc) is 3.14. The van der Waals surface area contributed by atoms with Crippen LogP contribution in [-0.2, 0) is 23.4 Å². The number of fused-ring (bicyclic) bond motifs is 1. The number of imidazole rings is 1. The highest BCUT2D eigenvalue weighted by Crippen LogP contribution is 2.32. The Morgan fingerprint density at radius 3 is 2.71 bits per heavy atom. The zero-order chi connectivity index (χ0) is 20.6. The van der Waals surface area contributed by atoms with Gasteiger partial charge in [0.2, 0.25) is 0 Å². The minimum absolute atomic E-state index is 0.395. The zero-order valence-corrected chi connectivity index (χ0v) is 15.6. The van der Waals surface area contributed by atoms with Crippen molar-refractivity contribution in [3.8, 4) is 0 Å². The highest BCUT2D eigenvalue weighted by atomic mass is 31.1. The molecule has 152 valence electrons. The van der Waals surface area contributed by atoms with Crippen molar-refractivity contribution in [2.24, 2.45) is 0 Å². The van der Waals surface area contributed by atoms with E-state index in [1.54, 1.807) is 13.8 Å². The van der Waals surface area contributed by atoms with E-state index >= 15 is 0 Å². The van der Waals surface area contributed by atoms with Crippen molar-refractivity contribution in [1.82, 2.24) is 19.5 Å². The van der Waals surface area contributed by atoms with Crippen LogP contribution in [-0.4, -0.2) is 76.9 Å². The first-order valence-corrected chi connectivity index (χ1v) is 9.18. The van der Waals surface area contributed by atoms with Crippen molar-refractivity contribution in [1.29, 1.82) is 0 Å². The number of ether oxygens (including phenoxy) is 2. The molecular formula is C14H18N4O9P+.